The fraction of sp³-hybridized carbons (Fsp3) is 0.500. The molecule has 0 saturated heterocycles. The number of nitrogens with zero attached hydrogens (tertiary/aromatic N) is 1. The molecule has 1 atom stereocenters. The molecule has 0 aliphatic heterocycles. The number of likely N-dealkylation sites (N-methyl/N-ethyl adjacent to an activating group) is 1. The van der Waals surface area contributed by atoms with Crippen molar-refractivity contribution in [1.29, 1.82) is 0 Å². The first kappa shape index (κ1) is 16.3. The van der Waals surface area contributed by atoms with E-state index >= 15 is 0 Å². The number of carbonyl (C=O) groups is 1. The summed E-state index contributed by atoms with van der Waals surface area (Å²) < 4.78 is 0. The van der Waals surface area contributed by atoms with E-state index in [1.54, 1.807) is 6.07 Å². The molecule has 20 heavy (non-hydrogen) atoms. The third-order valence-electron chi connectivity index (χ3n) is 3.29. The summed E-state index contributed by atoms with van der Waals surface area (Å²) >= 11 is 0. The quantitative estimate of drug-likeness (QED) is 0.522. The minimum absolute atomic E-state index is 0.222. The number of rotatable bonds is 8. The molecule has 5 N–H and O–H groups in total. The predicted molar refractivity (Wildman–Crippen MR) is 77.5 cm³/mol. The summed E-state index contributed by atoms with van der Waals surface area (Å²) in [6.45, 7) is 7.46. The summed E-state index contributed by atoms with van der Waals surface area (Å²) in [5.41, 5.74) is 5.91. The van der Waals surface area contributed by atoms with Gasteiger partial charge in [-0.15, -0.1) is 0 Å². The van der Waals surface area contributed by atoms with E-state index in [-0.39, 0.29) is 11.5 Å². The highest BCUT2D eigenvalue weighted by atomic mass is 16.3. The minimum Gasteiger partial charge on any atom is -0.504 e. The van der Waals surface area contributed by atoms with Crippen molar-refractivity contribution in [3.05, 3.63) is 23.8 Å². The summed E-state index contributed by atoms with van der Waals surface area (Å²) in [4.78, 5) is 13.7. The van der Waals surface area contributed by atoms with Crippen LogP contribution in [0.3, 0.4) is 0 Å². The standard InChI is InChI=1S/C14H23N3O3/c1-3-17(4-2)8-7-16-13(14(15)20)10-5-6-11(18)12(19)9-10/h5-6,9,13,16,18-19H,3-4,7-8H2,1-2H3,(H2,15,20). The van der Waals surface area contributed by atoms with Gasteiger partial charge in [-0.3, -0.25) is 4.79 Å². The van der Waals surface area contributed by atoms with Crippen molar-refractivity contribution in [3.8, 4) is 11.5 Å². The Morgan fingerprint density at radius 2 is 1.95 bits per heavy atom. The Morgan fingerprint density at radius 1 is 1.30 bits per heavy atom. The number of hydrogen-bond donors (Lipinski definition) is 4. The average molecular weight is 281 g/mol. The van der Waals surface area contributed by atoms with Crippen molar-refractivity contribution in [3.63, 3.8) is 0 Å². The molecule has 112 valence electrons. The molecule has 1 aromatic carbocycles. The van der Waals surface area contributed by atoms with Crippen LogP contribution in [0.2, 0.25) is 0 Å². The second kappa shape index (κ2) is 7.72. The zero-order valence-electron chi connectivity index (χ0n) is 12.0. The van der Waals surface area contributed by atoms with Gasteiger partial charge >= 0.3 is 0 Å². The molecule has 1 aromatic rings. The van der Waals surface area contributed by atoms with Crippen LogP contribution in [0.25, 0.3) is 0 Å². The molecule has 0 saturated carbocycles. The third-order valence-corrected chi connectivity index (χ3v) is 3.29. The molecule has 6 heteroatoms. The van der Waals surface area contributed by atoms with Gasteiger partial charge in [-0.2, -0.15) is 0 Å². The highest BCUT2D eigenvalue weighted by Crippen LogP contribution is 2.27. The molecular weight excluding hydrogens is 258 g/mol. The minimum atomic E-state index is -0.683. The molecule has 0 aromatic heterocycles. The van der Waals surface area contributed by atoms with Gasteiger partial charge in [0, 0.05) is 13.1 Å². The number of phenolic OH excluding ortho intramolecular Hbond substituents is 2. The zero-order valence-corrected chi connectivity index (χ0v) is 12.0. The van der Waals surface area contributed by atoms with E-state index in [2.05, 4.69) is 24.1 Å². The van der Waals surface area contributed by atoms with Crippen molar-refractivity contribution in [1.82, 2.24) is 10.2 Å². The fourth-order valence-electron chi connectivity index (χ4n) is 2.01. The molecule has 0 bridgehead atoms. The second-order valence-corrected chi connectivity index (χ2v) is 4.56. The molecule has 1 rings (SSSR count). The summed E-state index contributed by atoms with van der Waals surface area (Å²) in [6.07, 6.45) is 0. The average Bonchev–Trinajstić information content (AvgIpc) is 2.42. The smallest absolute Gasteiger partial charge is 0.239 e. The van der Waals surface area contributed by atoms with E-state index in [0.717, 1.165) is 19.6 Å². The monoisotopic (exact) mass is 281 g/mol. The Hall–Kier alpha value is -1.79. The molecule has 0 fully saturated rings. The molecule has 1 unspecified atom stereocenters. The lowest BCUT2D eigenvalue weighted by molar-refractivity contribution is -0.120. The maximum absolute atomic E-state index is 11.5. The van der Waals surface area contributed by atoms with Crippen LogP contribution in [-0.4, -0.2) is 47.2 Å². The van der Waals surface area contributed by atoms with Gasteiger partial charge in [-0.25, -0.2) is 0 Å². The van der Waals surface area contributed by atoms with Gasteiger partial charge < -0.3 is 26.2 Å². The molecule has 1 amide bonds. The normalized spacial score (nSPS) is 12.6. The first-order valence-electron chi connectivity index (χ1n) is 6.76. The number of hydrogen-bond acceptors (Lipinski definition) is 5. The van der Waals surface area contributed by atoms with Crippen molar-refractivity contribution in [2.45, 2.75) is 19.9 Å². The van der Waals surface area contributed by atoms with Crippen molar-refractivity contribution < 1.29 is 15.0 Å². The van der Waals surface area contributed by atoms with Crippen LogP contribution in [0.5, 0.6) is 11.5 Å². The molecule has 0 aliphatic carbocycles. The molecular formula is C14H23N3O3. The lowest BCUT2D eigenvalue weighted by Crippen LogP contribution is -2.38. The van der Waals surface area contributed by atoms with Crippen LogP contribution in [0.15, 0.2) is 18.2 Å². The maximum atomic E-state index is 11.5. The largest absolute Gasteiger partial charge is 0.504 e. The Bertz CT molecular complexity index is 447. The first-order valence-corrected chi connectivity index (χ1v) is 6.76. The first-order chi connectivity index (χ1) is 9.49. The van der Waals surface area contributed by atoms with Crippen LogP contribution in [0.1, 0.15) is 25.5 Å². The number of aromatic hydroxyl groups is 2. The number of amides is 1. The number of benzene rings is 1. The van der Waals surface area contributed by atoms with Gasteiger partial charge in [0.15, 0.2) is 11.5 Å². The van der Waals surface area contributed by atoms with E-state index in [1.165, 1.54) is 12.1 Å². The fourth-order valence-corrected chi connectivity index (χ4v) is 2.01. The Balaban J connectivity index is 2.69. The van der Waals surface area contributed by atoms with Gasteiger partial charge in [0.2, 0.25) is 5.91 Å². The van der Waals surface area contributed by atoms with Gasteiger partial charge in [-0.1, -0.05) is 19.9 Å². The highest BCUT2D eigenvalue weighted by molar-refractivity contribution is 5.81. The Morgan fingerprint density at radius 3 is 2.45 bits per heavy atom. The Kier molecular flexibility index (Phi) is 6.27. The maximum Gasteiger partial charge on any atom is 0.239 e. The highest BCUT2D eigenvalue weighted by Gasteiger charge is 2.18. The number of nitrogens with one attached hydrogen (secondary N) is 1. The molecule has 0 heterocycles. The van der Waals surface area contributed by atoms with Crippen molar-refractivity contribution >= 4 is 5.91 Å². The van der Waals surface area contributed by atoms with E-state index in [9.17, 15) is 15.0 Å². The SMILES string of the molecule is CCN(CC)CCNC(C(N)=O)c1ccc(O)c(O)c1. The van der Waals surface area contributed by atoms with E-state index < -0.39 is 11.9 Å². The number of phenols is 2. The van der Waals surface area contributed by atoms with E-state index in [1.807, 2.05) is 0 Å². The number of nitrogens with two attached hydrogens (primary N) is 1. The van der Waals surface area contributed by atoms with Crippen LogP contribution in [0, 0.1) is 0 Å². The zero-order chi connectivity index (χ0) is 15.1. The van der Waals surface area contributed by atoms with E-state index in [4.69, 9.17) is 5.73 Å². The predicted octanol–water partition coefficient (Wildman–Crippen LogP) is 0.556. The van der Waals surface area contributed by atoms with Gasteiger partial charge in [-0.05, 0) is 30.8 Å². The van der Waals surface area contributed by atoms with Crippen LogP contribution < -0.4 is 11.1 Å². The lowest BCUT2D eigenvalue weighted by Gasteiger charge is -2.21. The molecule has 6 nitrogen and oxygen atoms in total. The van der Waals surface area contributed by atoms with Crippen molar-refractivity contribution in [2.75, 3.05) is 26.2 Å². The lowest BCUT2D eigenvalue weighted by atomic mass is 10.1. The Labute approximate surface area is 119 Å². The number of carbonyl (C=O) groups excluding carboxylic acids is 1. The van der Waals surface area contributed by atoms with Crippen LogP contribution in [-0.2, 0) is 4.79 Å². The summed E-state index contributed by atoms with van der Waals surface area (Å²) in [5.74, 6) is -1.01. The van der Waals surface area contributed by atoms with Crippen molar-refractivity contribution in [2.24, 2.45) is 5.73 Å². The van der Waals surface area contributed by atoms with Crippen LogP contribution in [0.4, 0.5) is 0 Å². The molecule has 0 radical (unpaired) electrons. The molecule has 0 spiro atoms. The van der Waals surface area contributed by atoms with Crippen LogP contribution >= 0.6 is 0 Å². The van der Waals surface area contributed by atoms with Gasteiger partial charge in [0.1, 0.15) is 6.04 Å². The summed E-state index contributed by atoms with van der Waals surface area (Å²) in [7, 11) is 0. The number of primary amides is 1. The molecule has 0 aliphatic rings. The summed E-state index contributed by atoms with van der Waals surface area (Å²) in [5, 5.41) is 21.8. The third kappa shape index (κ3) is 4.40. The second-order valence-electron chi connectivity index (χ2n) is 4.56. The van der Waals surface area contributed by atoms with Gasteiger partial charge in [0.05, 0.1) is 0 Å². The summed E-state index contributed by atoms with van der Waals surface area (Å²) in [6, 6.07) is 3.56. The van der Waals surface area contributed by atoms with E-state index in [0.29, 0.717) is 12.1 Å². The van der Waals surface area contributed by atoms with Gasteiger partial charge in [0.25, 0.3) is 0 Å². The topological polar surface area (TPSA) is 98.8 Å².